The van der Waals surface area contributed by atoms with Crippen LogP contribution in [0.4, 0.5) is 0 Å². The van der Waals surface area contributed by atoms with Crippen LogP contribution in [0.25, 0.3) is 0 Å². The molecule has 0 radical (unpaired) electrons. The maximum Gasteiger partial charge on any atom is 0.335 e. The molecule has 1 N–H and O–H groups in total. The smallest absolute Gasteiger partial charge is 0.335 e. The van der Waals surface area contributed by atoms with Crippen molar-refractivity contribution in [3.05, 3.63) is 60.7 Å². The molecule has 0 aliphatic heterocycles. The summed E-state index contributed by atoms with van der Waals surface area (Å²) in [5.41, 5.74) is -1.16. The fourth-order valence-corrected chi connectivity index (χ4v) is 9.56. The molecule has 0 amide bonds. The summed E-state index contributed by atoms with van der Waals surface area (Å²) in [6, 6.07) is 21.5. The van der Waals surface area contributed by atoms with Crippen molar-refractivity contribution in [2.75, 3.05) is 6.61 Å². The highest BCUT2D eigenvalue weighted by atomic mass is 28.4. The molecule has 1 saturated carbocycles. The molecule has 0 unspecified atom stereocenters. The molecular formula is C27H38O4Si. The van der Waals surface area contributed by atoms with Gasteiger partial charge in [0, 0.05) is 6.10 Å². The lowest BCUT2D eigenvalue weighted by atomic mass is 9.88. The van der Waals surface area contributed by atoms with Gasteiger partial charge in [0.1, 0.15) is 0 Å². The third-order valence-corrected chi connectivity index (χ3v) is 11.8. The number of carboxylic acids is 1. The summed E-state index contributed by atoms with van der Waals surface area (Å²) in [4.78, 5) is 11.4. The zero-order valence-electron chi connectivity index (χ0n) is 20.1. The van der Waals surface area contributed by atoms with E-state index in [2.05, 4.69) is 81.4 Å². The average molecular weight is 455 g/mol. The molecule has 1 aliphatic carbocycles. The highest BCUT2D eigenvalue weighted by Gasteiger charge is 2.51. The topological polar surface area (TPSA) is 55.8 Å². The molecule has 0 heterocycles. The largest absolute Gasteiger partial charge is 0.479 e. The summed E-state index contributed by atoms with van der Waals surface area (Å²) >= 11 is 0. The summed E-state index contributed by atoms with van der Waals surface area (Å²) in [6.45, 7) is 10.6. The fraction of sp³-hybridized carbons (Fsp3) is 0.519. The molecule has 4 nitrogen and oxygen atoms in total. The molecule has 1 fully saturated rings. The van der Waals surface area contributed by atoms with Gasteiger partial charge >= 0.3 is 5.97 Å². The van der Waals surface area contributed by atoms with Gasteiger partial charge in [-0.25, -0.2) is 4.79 Å². The van der Waals surface area contributed by atoms with Crippen LogP contribution in [0.2, 0.25) is 5.04 Å². The Morgan fingerprint density at radius 2 is 1.47 bits per heavy atom. The van der Waals surface area contributed by atoms with Crippen LogP contribution in [0, 0.1) is 5.92 Å². The Balaban J connectivity index is 1.89. The lowest BCUT2D eigenvalue weighted by molar-refractivity contribution is -0.163. The van der Waals surface area contributed by atoms with Crippen molar-refractivity contribution >= 4 is 24.7 Å². The number of rotatable bonds is 8. The van der Waals surface area contributed by atoms with Crippen molar-refractivity contribution in [3.8, 4) is 0 Å². The van der Waals surface area contributed by atoms with Crippen LogP contribution in [0.3, 0.4) is 0 Å². The third kappa shape index (κ3) is 5.33. The van der Waals surface area contributed by atoms with E-state index in [1.165, 1.54) is 10.4 Å². The number of hydrogen-bond acceptors (Lipinski definition) is 3. The second-order valence-electron chi connectivity index (χ2n) is 10.6. The van der Waals surface area contributed by atoms with Crippen LogP contribution < -0.4 is 10.4 Å². The van der Waals surface area contributed by atoms with Gasteiger partial charge in [0.25, 0.3) is 8.32 Å². The van der Waals surface area contributed by atoms with Gasteiger partial charge in [0.2, 0.25) is 0 Å². The van der Waals surface area contributed by atoms with Gasteiger partial charge in [-0.05, 0) is 54.4 Å². The zero-order chi connectivity index (χ0) is 23.4. The Bertz CT molecular complexity index is 834. The SMILES string of the molecule is CC(C)(OC[C@@H]1CCC[C@H](O[Si](c2ccccc2)(c2ccccc2)C(C)(C)C)C1)C(=O)O. The van der Waals surface area contributed by atoms with E-state index in [0.29, 0.717) is 12.5 Å². The lowest BCUT2D eigenvalue weighted by Gasteiger charge is -2.46. The minimum atomic E-state index is -2.58. The standard InChI is InChI=1S/C27H38O4Si/c1-26(2,3)32(23-15-8-6-9-16-23,24-17-10-7-11-18-24)31-22-14-12-13-21(19-22)20-30-27(4,5)25(28)29/h6-11,15-18,21-22H,12-14,19-20H2,1-5H3,(H,28,29)/t21-,22+/m1/s1. The minimum absolute atomic E-state index is 0.0511. The minimum Gasteiger partial charge on any atom is -0.479 e. The molecule has 2 aromatic rings. The Kier molecular flexibility index (Phi) is 7.64. The highest BCUT2D eigenvalue weighted by Crippen LogP contribution is 2.40. The number of aliphatic carboxylic acids is 1. The van der Waals surface area contributed by atoms with Gasteiger partial charge in [-0.3, -0.25) is 0 Å². The Labute approximate surface area is 194 Å². The molecule has 174 valence electrons. The first-order valence-corrected chi connectivity index (χ1v) is 13.6. The lowest BCUT2D eigenvalue weighted by Crippen LogP contribution is -2.68. The number of hydrogen-bond donors (Lipinski definition) is 1. The van der Waals surface area contributed by atoms with E-state index in [0.717, 1.165) is 25.7 Å². The highest BCUT2D eigenvalue weighted by molar-refractivity contribution is 6.99. The first kappa shape index (κ1) is 24.7. The second kappa shape index (κ2) is 9.90. The fourth-order valence-electron chi connectivity index (χ4n) is 4.83. The maximum atomic E-state index is 11.4. The van der Waals surface area contributed by atoms with Gasteiger partial charge in [-0.2, -0.15) is 0 Å². The van der Waals surface area contributed by atoms with Gasteiger partial charge in [-0.1, -0.05) is 87.9 Å². The number of carboxylic acid groups (broad SMARTS) is 1. The molecular weight excluding hydrogens is 416 g/mol. The predicted octanol–water partition coefficient (Wildman–Crippen LogP) is 5.00. The molecule has 32 heavy (non-hydrogen) atoms. The van der Waals surface area contributed by atoms with E-state index in [1.54, 1.807) is 13.8 Å². The van der Waals surface area contributed by atoms with Crippen LogP contribution in [-0.4, -0.2) is 37.7 Å². The van der Waals surface area contributed by atoms with Gasteiger partial charge in [0.15, 0.2) is 5.60 Å². The van der Waals surface area contributed by atoms with Crippen LogP contribution in [0.5, 0.6) is 0 Å². The van der Waals surface area contributed by atoms with Crippen molar-refractivity contribution in [2.45, 2.75) is 77.0 Å². The number of benzene rings is 2. The van der Waals surface area contributed by atoms with E-state index in [1.807, 2.05) is 0 Å². The zero-order valence-corrected chi connectivity index (χ0v) is 21.1. The molecule has 2 aromatic carbocycles. The van der Waals surface area contributed by atoms with Crippen molar-refractivity contribution in [1.82, 2.24) is 0 Å². The van der Waals surface area contributed by atoms with E-state index >= 15 is 0 Å². The average Bonchev–Trinajstić information content (AvgIpc) is 2.77. The van der Waals surface area contributed by atoms with Gasteiger partial charge < -0.3 is 14.3 Å². The van der Waals surface area contributed by atoms with Crippen LogP contribution in [0.1, 0.15) is 60.3 Å². The van der Waals surface area contributed by atoms with Gasteiger partial charge in [-0.15, -0.1) is 0 Å². The molecule has 0 bridgehead atoms. The first-order chi connectivity index (χ1) is 15.1. The molecule has 3 rings (SSSR count). The molecule has 2 atom stereocenters. The summed E-state index contributed by atoms with van der Waals surface area (Å²) in [5, 5.41) is 11.9. The maximum absolute atomic E-state index is 11.4. The van der Waals surface area contributed by atoms with Crippen LogP contribution >= 0.6 is 0 Å². The van der Waals surface area contributed by atoms with Crippen molar-refractivity contribution < 1.29 is 19.1 Å². The molecule has 1 aliphatic rings. The number of carbonyl (C=O) groups is 1. The van der Waals surface area contributed by atoms with Gasteiger partial charge in [0.05, 0.1) is 6.61 Å². The van der Waals surface area contributed by atoms with E-state index in [-0.39, 0.29) is 11.1 Å². The Morgan fingerprint density at radius 3 is 1.94 bits per heavy atom. The van der Waals surface area contributed by atoms with E-state index in [4.69, 9.17) is 9.16 Å². The van der Waals surface area contributed by atoms with E-state index in [9.17, 15) is 9.90 Å². The normalized spacial score (nSPS) is 20.2. The first-order valence-electron chi connectivity index (χ1n) is 11.7. The second-order valence-corrected chi connectivity index (χ2v) is 14.8. The van der Waals surface area contributed by atoms with Crippen molar-refractivity contribution in [3.63, 3.8) is 0 Å². The third-order valence-electron chi connectivity index (χ3n) is 6.69. The Morgan fingerprint density at radius 1 is 0.938 bits per heavy atom. The predicted molar refractivity (Wildman–Crippen MR) is 132 cm³/mol. The van der Waals surface area contributed by atoms with E-state index < -0.39 is 19.9 Å². The Hall–Kier alpha value is -1.95. The molecule has 0 aromatic heterocycles. The summed E-state index contributed by atoms with van der Waals surface area (Å²) in [6.07, 6.45) is 4.20. The van der Waals surface area contributed by atoms with Crippen LogP contribution in [0.15, 0.2) is 60.7 Å². The molecule has 0 spiro atoms. The quantitative estimate of drug-likeness (QED) is 0.570. The summed E-state index contributed by atoms with van der Waals surface area (Å²) < 4.78 is 13.1. The van der Waals surface area contributed by atoms with Crippen molar-refractivity contribution in [2.24, 2.45) is 5.92 Å². The van der Waals surface area contributed by atoms with Crippen LogP contribution in [-0.2, 0) is 14.0 Å². The molecule has 0 saturated heterocycles. The molecule has 5 heteroatoms. The number of ether oxygens (including phenoxy) is 1. The van der Waals surface area contributed by atoms with Crippen molar-refractivity contribution in [1.29, 1.82) is 0 Å². The monoisotopic (exact) mass is 454 g/mol. The summed E-state index contributed by atoms with van der Waals surface area (Å²) in [7, 11) is -2.58. The summed E-state index contributed by atoms with van der Waals surface area (Å²) in [5.74, 6) is -0.612.